The van der Waals surface area contributed by atoms with Gasteiger partial charge in [0, 0.05) is 12.1 Å². The molecule has 0 heterocycles. The molecule has 90 valence electrons. The molecule has 0 aromatic carbocycles. The molecular weight excluding hydrogens is 202 g/mol. The molecule has 3 unspecified atom stereocenters. The summed E-state index contributed by atoms with van der Waals surface area (Å²) in [6.45, 7) is 4.68. The molecule has 1 aliphatic rings. The second kappa shape index (κ2) is 7.56. The Labute approximate surface area is 99.8 Å². The number of thioether (sulfide) groups is 1. The smallest absolute Gasteiger partial charge is 0.00721 e. The Kier molecular flexibility index (Phi) is 6.74. The highest BCUT2D eigenvalue weighted by atomic mass is 32.2. The molecule has 1 N–H and O–H groups in total. The van der Waals surface area contributed by atoms with E-state index in [1.54, 1.807) is 0 Å². The largest absolute Gasteiger partial charge is 0.311 e. The maximum absolute atomic E-state index is 3.80. The minimum atomic E-state index is 0.707. The first-order chi connectivity index (χ1) is 7.26. The Morgan fingerprint density at radius 1 is 1.40 bits per heavy atom. The lowest BCUT2D eigenvalue weighted by molar-refractivity contribution is 0.264. The van der Waals surface area contributed by atoms with E-state index < -0.39 is 0 Å². The highest BCUT2D eigenvalue weighted by Crippen LogP contribution is 2.26. The van der Waals surface area contributed by atoms with Crippen LogP contribution in [0.5, 0.6) is 0 Å². The van der Waals surface area contributed by atoms with Crippen molar-refractivity contribution in [2.45, 2.75) is 64.5 Å². The second-order valence-corrected chi connectivity index (χ2v) is 5.97. The SMILES string of the molecule is CCC1CCCC(NC(C)CCSC)C1. The van der Waals surface area contributed by atoms with Crippen molar-refractivity contribution in [1.82, 2.24) is 5.32 Å². The fourth-order valence-corrected chi connectivity index (χ4v) is 3.18. The van der Waals surface area contributed by atoms with Crippen molar-refractivity contribution >= 4 is 11.8 Å². The van der Waals surface area contributed by atoms with Gasteiger partial charge in [0.15, 0.2) is 0 Å². The van der Waals surface area contributed by atoms with Crippen LogP contribution in [0.3, 0.4) is 0 Å². The average Bonchev–Trinajstić information content (AvgIpc) is 2.26. The lowest BCUT2D eigenvalue weighted by atomic mass is 9.84. The predicted octanol–water partition coefficient (Wildman–Crippen LogP) is 3.69. The molecule has 0 aromatic rings. The van der Waals surface area contributed by atoms with Gasteiger partial charge >= 0.3 is 0 Å². The molecule has 0 radical (unpaired) electrons. The van der Waals surface area contributed by atoms with Gasteiger partial charge in [-0.1, -0.05) is 26.2 Å². The number of rotatable bonds is 6. The molecule has 0 aromatic heterocycles. The van der Waals surface area contributed by atoms with Crippen molar-refractivity contribution < 1.29 is 0 Å². The van der Waals surface area contributed by atoms with E-state index in [9.17, 15) is 0 Å². The molecule has 1 saturated carbocycles. The van der Waals surface area contributed by atoms with Gasteiger partial charge in [-0.15, -0.1) is 0 Å². The summed E-state index contributed by atoms with van der Waals surface area (Å²) in [5.74, 6) is 2.28. The van der Waals surface area contributed by atoms with Gasteiger partial charge in [0.1, 0.15) is 0 Å². The minimum absolute atomic E-state index is 0.707. The van der Waals surface area contributed by atoms with Gasteiger partial charge in [0.05, 0.1) is 0 Å². The summed E-state index contributed by atoms with van der Waals surface area (Å²) in [4.78, 5) is 0. The molecule has 1 nitrogen and oxygen atoms in total. The van der Waals surface area contributed by atoms with Crippen molar-refractivity contribution in [2.24, 2.45) is 5.92 Å². The lowest BCUT2D eigenvalue weighted by Gasteiger charge is -2.31. The van der Waals surface area contributed by atoms with Crippen molar-refractivity contribution in [3.63, 3.8) is 0 Å². The first-order valence-electron chi connectivity index (χ1n) is 6.51. The van der Waals surface area contributed by atoms with Crippen LogP contribution in [-0.2, 0) is 0 Å². The molecule has 1 fully saturated rings. The summed E-state index contributed by atoms with van der Waals surface area (Å²) in [5.41, 5.74) is 0. The molecule has 0 amide bonds. The summed E-state index contributed by atoms with van der Waals surface area (Å²) in [5, 5.41) is 3.80. The van der Waals surface area contributed by atoms with Crippen LogP contribution in [0.25, 0.3) is 0 Å². The highest BCUT2D eigenvalue weighted by Gasteiger charge is 2.21. The Balaban J connectivity index is 2.19. The average molecular weight is 229 g/mol. The van der Waals surface area contributed by atoms with Gasteiger partial charge in [0.2, 0.25) is 0 Å². The van der Waals surface area contributed by atoms with Crippen LogP contribution in [0.1, 0.15) is 52.4 Å². The van der Waals surface area contributed by atoms with E-state index in [4.69, 9.17) is 0 Å². The van der Waals surface area contributed by atoms with Crippen LogP contribution >= 0.6 is 11.8 Å². The summed E-state index contributed by atoms with van der Waals surface area (Å²) < 4.78 is 0. The summed E-state index contributed by atoms with van der Waals surface area (Å²) >= 11 is 1.96. The van der Waals surface area contributed by atoms with Gasteiger partial charge in [-0.2, -0.15) is 11.8 Å². The van der Waals surface area contributed by atoms with E-state index in [-0.39, 0.29) is 0 Å². The Morgan fingerprint density at radius 2 is 2.20 bits per heavy atom. The van der Waals surface area contributed by atoms with Crippen molar-refractivity contribution in [1.29, 1.82) is 0 Å². The Morgan fingerprint density at radius 3 is 2.87 bits per heavy atom. The second-order valence-electron chi connectivity index (χ2n) is 4.99. The molecule has 2 heteroatoms. The van der Waals surface area contributed by atoms with Crippen LogP contribution in [-0.4, -0.2) is 24.1 Å². The van der Waals surface area contributed by atoms with E-state index in [0.29, 0.717) is 6.04 Å². The van der Waals surface area contributed by atoms with E-state index >= 15 is 0 Å². The van der Waals surface area contributed by atoms with E-state index in [2.05, 4.69) is 25.4 Å². The molecule has 0 bridgehead atoms. The molecule has 0 spiro atoms. The molecule has 0 aliphatic heterocycles. The Hall–Kier alpha value is 0.310. The Bertz CT molecular complexity index is 161. The number of hydrogen-bond acceptors (Lipinski definition) is 2. The quantitative estimate of drug-likeness (QED) is 0.745. The monoisotopic (exact) mass is 229 g/mol. The maximum atomic E-state index is 3.80. The first-order valence-corrected chi connectivity index (χ1v) is 7.90. The van der Waals surface area contributed by atoms with E-state index in [1.165, 1.54) is 44.3 Å². The standard InChI is InChI=1S/C13H27NS/c1-4-12-6-5-7-13(10-12)14-11(2)8-9-15-3/h11-14H,4-10H2,1-3H3. The lowest BCUT2D eigenvalue weighted by Crippen LogP contribution is -2.39. The zero-order valence-electron chi connectivity index (χ0n) is 10.6. The zero-order valence-corrected chi connectivity index (χ0v) is 11.4. The van der Waals surface area contributed by atoms with Crippen LogP contribution in [0.4, 0.5) is 0 Å². The fraction of sp³-hybridized carbons (Fsp3) is 1.00. The predicted molar refractivity (Wildman–Crippen MR) is 71.6 cm³/mol. The molecule has 15 heavy (non-hydrogen) atoms. The molecule has 1 rings (SSSR count). The third-order valence-electron chi connectivity index (χ3n) is 3.64. The van der Waals surface area contributed by atoms with Crippen molar-refractivity contribution in [3.05, 3.63) is 0 Å². The number of nitrogens with one attached hydrogen (secondary N) is 1. The molecular formula is C13H27NS. The van der Waals surface area contributed by atoms with Crippen LogP contribution in [0.2, 0.25) is 0 Å². The third-order valence-corrected chi connectivity index (χ3v) is 4.28. The van der Waals surface area contributed by atoms with Gasteiger partial charge in [-0.25, -0.2) is 0 Å². The molecule has 3 atom stereocenters. The summed E-state index contributed by atoms with van der Waals surface area (Å²) in [6, 6.07) is 1.51. The zero-order chi connectivity index (χ0) is 11.1. The maximum Gasteiger partial charge on any atom is 0.00721 e. The number of hydrogen-bond donors (Lipinski definition) is 1. The normalized spacial score (nSPS) is 29.0. The van der Waals surface area contributed by atoms with E-state index in [0.717, 1.165) is 12.0 Å². The van der Waals surface area contributed by atoms with Gasteiger partial charge in [-0.05, 0) is 44.1 Å². The van der Waals surface area contributed by atoms with Crippen LogP contribution < -0.4 is 5.32 Å². The molecule has 0 saturated heterocycles. The summed E-state index contributed by atoms with van der Waals surface area (Å²) in [7, 11) is 0. The topological polar surface area (TPSA) is 12.0 Å². The van der Waals surface area contributed by atoms with Gasteiger partial charge in [0.25, 0.3) is 0 Å². The fourth-order valence-electron chi connectivity index (χ4n) is 2.59. The third kappa shape index (κ3) is 5.26. The van der Waals surface area contributed by atoms with Crippen molar-refractivity contribution in [2.75, 3.05) is 12.0 Å². The first kappa shape index (κ1) is 13.4. The van der Waals surface area contributed by atoms with Gasteiger partial charge < -0.3 is 5.32 Å². The highest BCUT2D eigenvalue weighted by molar-refractivity contribution is 7.98. The van der Waals surface area contributed by atoms with Crippen molar-refractivity contribution in [3.8, 4) is 0 Å². The van der Waals surface area contributed by atoms with Crippen LogP contribution in [0.15, 0.2) is 0 Å². The van der Waals surface area contributed by atoms with Crippen LogP contribution in [0, 0.1) is 5.92 Å². The minimum Gasteiger partial charge on any atom is -0.311 e. The van der Waals surface area contributed by atoms with Gasteiger partial charge in [-0.3, -0.25) is 0 Å². The molecule has 1 aliphatic carbocycles. The van der Waals surface area contributed by atoms with E-state index in [1.807, 2.05) is 11.8 Å². The summed E-state index contributed by atoms with van der Waals surface area (Å²) in [6.07, 6.45) is 10.6.